The van der Waals surface area contributed by atoms with Crippen molar-refractivity contribution in [3.05, 3.63) is 29.8 Å². The van der Waals surface area contributed by atoms with E-state index in [4.69, 9.17) is 0 Å². The number of aliphatic imine (C=N–C) groups is 1. The van der Waals surface area contributed by atoms with E-state index in [0.717, 1.165) is 44.5 Å². The molecule has 6 nitrogen and oxygen atoms in total. The summed E-state index contributed by atoms with van der Waals surface area (Å²) in [6.07, 6.45) is 2.60. The predicted molar refractivity (Wildman–Crippen MR) is 107 cm³/mol. The highest BCUT2D eigenvalue weighted by molar-refractivity contribution is 5.81. The van der Waals surface area contributed by atoms with Gasteiger partial charge < -0.3 is 20.0 Å². The summed E-state index contributed by atoms with van der Waals surface area (Å²) in [5.41, 5.74) is 0.304. The zero-order valence-corrected chi connectivity index (χ0v) is 16.5. The summed E-state index contributed by atoms with van der Waals surface area (Å²) < 4.78 is 27.5. The van der Waals surface area contributed by atoms with E-state index in [0.29, 0.717) is 44.8 Å². The van der Waals surface area contributed by atoms with Gasteiger partial charge in [-0.15, -0.1) is 0 Å². The van der Waals surface area contributed by atoms with E-state index in [2.05, 4.69) is 15.2 Å². The first kappa shape index (κ1) is 20.4. The average Bonchev–Trinajstić information content (AvgIpc) is 3.24. The van der Waals surface area contributed by atoms with Crippen molar-refractivity contribution in [3.63, 3.8) is 0 Å². The Hall–Kier alpha value is -2.38. The molecule has 0 aromatic heterocycles. The van der Waals surface area contributed by atoms with Gasteiger partial charge in [0.15, 0.2) is 5.96 Å². The molecule has 2 heterocycles. The van der Waals surface area contributed by atoms with Crippen molar-refractivity contribution >= 4 is 17.6 Å². The summed E-state index contributed by atoms with van der Waals surface area (Å²) >= 11 is 0. The normalized spacial score (nSPS) is 18.0. The molecule has 0 spiro atoms. The molecule has 1 N–H and O–H groups in total. The summed E-state index contributed by atoms with van der Waals surface area (Å²) in [4.78, 5) is 22.7. The van der Waals surface area contributed by atoms with Crippen LogP contribution in [0.3, 0.4) is 0 Å². The van der Waals surface area contributed by atoms with Crippen LogP contribution in [-0.2, 0) is 4.79 Å². The molecule has 2 aliphatic rings. The molecule has 0 aliphatic carbocycles. The molecule has 0 radical (unpaired) electrons. The van der Waals surface area contributed by atoms with Crippen LogP contribution < -0.4 is 10.2 Å². The highest BCUT2D eigenvalue weighted by Crippen LogP contribution is 2.22. The number of nitrogens with zero attached hydrogens (tertiary/aromatic N) is 4. The van der Waals surface area contributed by atoms with Crippen molar-refractivity contribution in [2.45, 2.75) is 26.2 Å². The molecule has 154 valence electrons. The van der Waals surface area contributed by atoms with Gasteiger partial charge in [0, 0.05) is 58.3 Å². The number of guanidine groups is 1. The van der Waals surface area contributed by atoms with E-state index in [-0.39, 0.29) is 5.91 Å². The summed E-state index contributed by atoms with van der Waals surface area (Å²) in [6.45, 7) is 7.39. The third-order valence-electron chi connectivity index (χ3n) is 5.21. The summed E-state index contributed by atoms with van der Waals surface area (Å²) in [5.74, 6) is 0.104. The Bertz CT molecular complexity index is 698. The van der Waals surface area contributed by atoms with Crippen LogP contribution in [0.4, 0.5) is 14.5 Å². The second-order valence-corrected chi connectivity index (χ2v) is 7.14. The van der Waals surface area contributed by atoms with Crippen molar-refractivity contribution in [1.29, 1.82) is 0 Å². The van der Waals surface area contributed by atoms with E-state index >= 15 is 0 Å². The number of anilines is 1. The molecule has 1 aromatic carbocycles. The topological polar surface area (TPSA) is 51.2 Å². The number of benzene rings is 1. The van der Waals surface area contributed by atoms with Gasteiger partial charge in [-0.2, -0.15) is 0 Å². The van der Waals surface area contributed by atoms with Gasteiger partial charge in [0.25, 0.3) is 0 Å². The first-order valence-electron chi connectivity index (χ1n) is 10.1. The highest BCUT2D eigenvalue weighted by atomic mass is 19.1. The van der Waals surface area contributed by atoms with Crippen molar-refractivity contribution in [2.24, 2.45) is 4.99 Å². The lowest BCUT2D eigenvalue weighted by molar-refractivity contribution is -0.129. The standard InChI is InChI=1S/C20H29F2N5O/c1-2-23-20(24-8-7-19(28)26-9-3-4-10-26)27-13-11-25(12-14-27)18-15-16(21)5-6-17(18)22/h5-6,15H,2-4,7-14H2,1H3,(H,23,24). The van der Waals surface area contributed by atoms with Crippen LogP contribution in [0.2, 0.25) is 0 Å². The molecule has 1 amide bonds. The minimum atomic E-state index is -0.434. The lowest BCUT2D eigenvalue weighted by Gasteiger charge is -2.37. The van der Waals surface area contributed by atoms with Gasteiger partial charge in [-0.05, 0) is 31.9 Å². The van der Waals surface area contributed by atoms with E-state index in [1.165, 1.54) is 12.1 Å². The van der Waals surface area contributed by atoms with Crippen LogP contribution in [0, 0.1) is 11.6 Å². The van der Waals surface area contributed by atoms with Crippen LogP contribution in [0.5, 0.6) is 0 Å². The van der Waals surface area contributed by atoms with Gasteiger partial charge in [0.1, 0.15) is 11.6 Å². The van der Waals surface area contributed by atoms with Crippen molar-refractivity contribution in [2.75, 3.05) is 57.3 Å². The fourth-order valence-corrected chi connectivity index (χ4v) is 3.70. The number of hydrogen-bond donors (Lipinski definition) is 1. The Balaban J connectivity index is 1.54. The van der Waals surface area contributed by atoms with Crippen LogP contribution in [0.1, 0.15) is 26.2 Å². The van der Waals surface area contributed by atoms with Gasteiger partial charge in [-0.25, -0.2) is 8.78 Å². The summed E-state index contributed by atoms with van der Waals surface area (Å²) in [6, 6.07) is 3.54. The third-order valence-corrected chi connectivity index (χ3v) is 5.21. The van der Waals surface area contributed by atoms with Gasteiger partial charge in [-0.3, -0.25) is 9.79 Å². The molecule has 2 fully saturated rings. The van der Waals surface area contributed by atoms with Crippen molar-refractivity contribution in [3.8, 4) is 0 Å². The Labute approximate surface area is 165 Å². The number of nitrogens with one attached hydrogen (secondary N) is 1. The number of piperazine rings is 1. The van der Waals surface area contributed by atoms with E-state index in [9.17, 15) is 13.6 Å². The second-order valence-electron chi connectivity index (χ2n) is 7.14. The molecule has 2 aliphatic heterocycles. The van der Waals surface area contributed by atoms with Crippen molar-refractivity contribution in [1.82, 2.24) is 15.1 Å². The number of halogens is 2. The molecule has 2 saturated heterocycles. The van der Waals surface area contributed by atoms with Gasteiger partial charge >= 0.3 is 0 Å². The molecule has 3 rings (SSSR count). The average molecular weight is 393 g/mol. The van der Waals surface area contributed by atoms with Crippen LogP contribution in [0.25, 0.3) is 0 Å². The molecule has 0 unspecified atom stereocenters. The zero-order chi connectivity index (χ0) is 19.9. The number of amides is 1. The Morgan fingerprint density at radius 3 is 2.46 bits per heavy atom. The van der Waals surface area contributed by atoms with E-state index in [1.807, 2.05) is 16.7 Å². The SMILES string of the molecule is CCNC(=NCCC(=O)N1CCCC1)N1CCN(c2cc(F)ccc2F)CC1. The molecule has 0 atom stereocenters. The minimum absolute atomic E-state index is 0.170. The smallest absolute Gasteiger partial charge is 0.224 e. The third kappa shape index (κ3) is 5.11. The molecular weight excluding hydrogens is 364 g/mol. The predicted octanol–water partition coefficient (Wildman–Crippen LogP) is 2.06. The Kier molecular flexibility index (Phi) is 7.06. The number of hydrogen-bond acceptors (Lipinski definition) is 3. The van der Waals surface area contributed by atoms with Gasteiger partial charge in [0.05, 0.1) is 12.2 Å². The largest absolute Gasteiger partial charge is 0.366 e. The number of rotatable bonds is 5. The summed E-state index contributed by atoms with van der Waals surface area (Å²) in [5, 5.41) is 3.27. The second kappa shape index (κ2) is 9.71. The molecule has 0 bridgehead atoms. The van der Waals surface area contributed by atoms with E-state index < -0.39 is 11.6 Å². The minimum Gasteiger partial charge on any atom is -0.366 e. The Morgan fingerprint density at radius 1 is 1.07 bits per heavy atom. The van der Waals surface area contributed by atoms with Crippen molar-refractivity contribution < 1.29 is 13.6 Å². The zero-order valence-electron chi connectivity index (χ0n) is 16.5. The van der Waals surface area contributed by atoms with E-state index in [1.54, 1.807) is 0 Å². The first-order chi connectivity index (χ1) is 13.6. The number of likely N-dealkylation sites (tertiary alicyclic amines) is 1. The molecule has 8 heteroatoms. The van der Waals surface area contributed by atoms with Crippen LogP contribution in [0.15, 0.2) is 23.2 Å². The van der Waals surface area contributed by atoms with Gasteiger partial charge in [-0.1, -0.05) is 0 Å². The van der Waals surface area contributed by atoms with Gasteiger partial charge in [0.2, 0.25) is 5.91 Å². The lowest BCUT2D eigenvalue weighted by atomic mass is 10.2. The fourth-order valence-electron chi connectivity index (χ4n) is 3.70. The molecular formula is C20H29F2N5O. The molecule has 1 aromatic rings. The maximum atomic E-state index is 14.0. The quantitative estimate of drug-likeness (QED) is 0.615. The Morgan fingerprint density at radius 2 is 1.79 bits per heavy atom. The fraction of sp³-hybridized carbons (Fsp3) is 0.600. The summed E-state index contributed by atoms with van der Waals surface area (Å²) in [7, 11) is 0. The molecule has 28 heavy (non-hydrogen) atoms. The maximum Gasteiger partial charge on any atom is 0.224 e. The first-order valence-corrected chi connectivity index (χ1v) is 10.1. The number of carbonyl (C=O) groups is 1. The highest BCUT2D eigenvalue weighted by Gasteiger charge is 2.22. The maximum absolute atomic E-state index is 14.0. The van der Waals surface area contributed by atoms with Crippen LogP contribution >= 0.6 is 0 Å². The van der Waals surface area contributed by atoms with Crippen LogP contribution in [-0.4, -0.2) is 74.0 Å². The molecule has 0 saturated carbocycles. The monoisotopic (exact) mass is 393 g/mol. The number of carbonyl (C=O) groups excluding carboxylic acids is 1. The lowest BCUT2D eigenvalue weighted by Crippen LogP contribution is -2.52.